The second-order valence-electron chi connectivity index (χ2n) is 6.64. The minimum Gasteiger partial charge on any atom is -0.383 e. The summed E-state index contributed by atoms with van der Waals surface area (Å²) in [6.45, 7) is 1.22. The van der Waals surface area contributed by atoms with Crippen molar-refractivity contribution in [2.24, 2.45) is 7.05 Å². The van der Waals surface area contributed by atoms with Gasteiger partial charge >= 0.3 is 0 Å². The molecule has 0 fully saturated rings. The maximum Gasteiger partial charge on any atom is 0.203 e. The summed E-state index contributed by atoms with van der Waals surface area (Å²) in [5, 5.41) is 13.1. The molecule has 1 aromatic carbocycles. The Morgan fingerprint density at radius 3 is 2.86 bits per heavy atom. The Morgan fingerprint density at radius 1 is 1.17 bits per heavy atom. The van der Waals surface area contributed by atoms with Crippen LogP contribution in [0.15, 0.2) is 60.0 Å². The van der Waals surface area contributed by atoms with E-state index in [2.05, 4.69) is 20.3 Å². The highest BCUT2D eigenvalue weighted by Gasteiger charge is 2.09. The number of rotatable bonds is 7. The molecule has 3 aromatic heterocycles. The van der Waals surface area contributed by atoms with Crippen LogP contribution in [0.4, 0.5) is 0 Å². The number of methoxy groups -OCH3 is 1. The van der Waals surface area contributed by atoms with E-state index in [-0.39, 0.29) is 5.43 Å². The molecule has 0 N–H and O–H groups in total. The third-order valence-electron chi connectivity index (χ3n) is 4.45. The normalized spacial score (nSPS) is 11.1. The van der Waals surface area contributed by atoms with Gasteiger partial charge in [0, 0.05) is 38.4 Å². The summed E-state index contributed by atoms with van der Waals surface area (Å²) >= 11 is 0. The highest BCUT2D eigenvalue weighted by atomic mass is 16.5. The van der Waals surface area contributed by atoms with Gasteiger partial charge in [0.1, 0.15) is 17.7 Å². The summed E-state index contributed by atoms with van der Waals surface area (Å²) < 4.78 is 10.2. The largest absolute Gasteiger partial charge is 0.383 e. The van der Waals surface area contributed by atoms with Crippen molar-refractivity contribution in [3.63, 3.8) is 0 Å². The van der Waals surface area contributed by atoms with Crippen LogP contribution in [0.3, 0.4) is 0 Å². The Morgan fingerprint density at radius 2 is 2.07 bits per heavy atom. The number of ether oxygens (including phenoxy) is 1. The second kappa shape index (κ2) is 8.19. The first-order chi connectivity index (χ1) is 14.1. The first-order valence-electron chi connectivity index (χ1n) is 9.18. The van der Waals surface area contributed by atoms with Crippen molar-refractivity contribution in [2.45, 2.75) is 13.0 Å². The molecule has 0 saturated carbocycles. The van der Waals surface area contributed by atoms with E-state index in [4.69, 9.17) is 4.74 Å². The van der Waals surface area contributed by atoms with Crippen LogP contribution in [-0.2, 0) is 24.8 Å². The van der Waals surface area contributed by atoms with Gasteiger partial charge in [0.2, 0.25) is 5.43 Å². The molecule has 0 saturated heterocycles. The summed E-state index contributed by atoms with van der Waals surface area (Å²) in [5.41, 5.74) is 3.02. The minimum atomic E-state index is -0.0995. The lowest BCUT2D eigenvalue weighted by molar-refractivity contribution is 0.183. The summed E-state index contributed by atoms with van der Waals surface area (Å²) in [6.07, 6.45) is 7.29. The van der Waals surface area contributed by atoms with Crippen molar-refractivity contribution in [3.05, 3.63) is 76.7 Å². The maximum absolute atomic E-state index is 12.3. The van der Waals surface area contributed by atoms with E-state index in [9.17, 15) is 4.79 Å². The molecule has 4 rings (SSSR count). The van der Waals surface area contributed by atoms with Gasteiger partial charge in [-0.2, -0.15) is 15.3 Å². The van der Waals surface area contributed by atoms with E-state index < -0.39 is 0 Å². The number of aromatic nitrogens is 7. The van der Waals surface area contributed by atoms with Gasteiger partial charge in [-0.3, -0.25) is 14.2 Å². The van der Waals surface area contributed by atoms with Crippen molar-refractivity contribution in [2.75, 3.05) is 13.7 Å². The molecule has 9 nitrogen and oxygen atoms in total. The summed E-state index contributed by atoms with van der Waals surface area (Å²) in [7, 11) is 3.49. The van der Waals surface area contributed by atoms with Gasteiger partial charge in [0.05, 0.1) is 25.5 Å². The fraction of sp³-hybridized carbons (Fsp3) is 0.250. The lowest BCUT2D eigenvalue weighted by Gasteiger charge is -2.06. The standard InChI is InChI=1S/C20H21N7O2/c1-25-13-17(12-22-25)27-7-6-19(28)18(23-27)11-15-4-3-5-16(10-15)20-21-14-26(24-20)8-9-29-2/h3-7,10,12-14H,8-9,11H2,1-2H3. The van der Waals surface area contributed by atoms with E-state index in [0.717, 1.165) is 16.8 Å². The van der Waals surface area contributed by atoms with E-state index in [1.165, 1.54) is 6.07 Å². The number of aryl methyl sites for hydroxylation is 1. The third kappa shape index (κ3) is 4.30. The van der Waals surface area contributed by atoms with Gasteiger partial charge in [0.25, 0.3) is 0 Å². The van der Waals surface area contributed by atoms with Crippen LogP contribution >= 0.6 is 0 Å². The molecule has 29 heavy (non-hydrogen) atoms. The summed E-state index contributed by atoms with van der Waals surface area (Å²) in [6, 6.07) is 9.36. The quantitative estimate of drug-likeness (QED) is 0.474. The topological polar surface area (TPSA) is 92.6 Å². The van der Waals surface area contributed by atoms with Crippen LogP contribution in [0.2, 0.25) is 0 Å². The predicted octanol–water partition coefficient (Wildman–Crippen LogP) is 1.46. The van der Waals surface area contributed by atoms with Gasteiger partial charge in [0.15, 0.2) is 5.82 Å². The molecule has 9 heteroatoms. The van der Waals surface area contributed by atoms with Crippen molar-refractivity contribution in [3.8, 4) is 17.1 Å². The van der Waals surface area contributed by atoms with Crippen molar-refractivity contribution >= 4 is 0 Å². The smallest absolute Gasteiger partial charge is 0.203 e. The number of benzene rings is 1. The zero-order valence-corrected chi connectivity index (χ0v) is 16.3. The van der Waals surface area contributed by atoms with Crippen LogP contribution < -0.4 is 5.43 Å². The Balaban J connectivity index is 1.58. The number of nitrogens with zero attached hydrogens (tertiary/aromatic N) is 7. The number of hydrogen-bond acceptors (Lipinski definition) is 6. The summed E-state index contributed by atoms with van der Waals surface area (Å²) in [4.78, 5) is 16.7. The Labute approximate surface area is 167 Å². The first-order valence-corrected chi connectivity index (χ1v) is 9.18. The molecule has 0 aliphatic carbocycles. The first kappa shape index (κ1) is 18.8. The molecule has 0 aliphatic rings. The monoisotopic (exact) mass is 391 g/mol. The third-order valence-corrected chi connectivity index (χ3v) is 4.45. The second-order valence-corrected chi connectivity index (χ2v) is 6.64. The molecule has 3 heterocycles. The average molecular weight is 391 g/mol. The molecule has 0 bridgehead atoms. The molecule has 0 aliphatic heterocycles. The summed E-state index contributed by atoms with van der Waals surface area (Å²) in [5.74, 6) is 0.636. The van der Waals surface area contributed by atoms with Crippen LogP contribution in [0.5, 0.6) is 0 Å². The predicted molar refractivity (Wildman–Crippen MR) is 107 cm³/mol. The lowest BCUT2D eigenvalue weighted by Crippen LogP contribution is -2.16. The van der Waals surface area contributed by atoms with E-state index in [1.807, 2.05) is 37.5 Å². The van der Waals surface area contributed by atoms with Crippen molar-refractivity contribution < 1.29 is 4.74 Å². The van der Waals surface area contributed by atoms with Crippen LogP contribution in [0.1, 0.15) is 11.3 Å². The van der Waals surface area contributed by atoms with Gasteiger partial charge < -0.3 is 4.74 Å². The number of hydrogen-bond donors (Lipinski definition) is 0. The molecule has 0 unspecified atom stereocenters. The SMILES string of the molecule is COCCn1cnc(-c2cccc(Cc3nn(-c4cnn(C)c4)ccc3=O)c2)n1. The molecule has 148 valence electrons. The molecule has 0 spiro atoms. The lowest BCUT2D eigenvalue weighted by atomic mass is 10.1. The van der Waals surface area contributed by atoms with Gasteiger partial charge in [-0.15, -0.1) is 0 Å². The molecule has 0 amide bonds. The Bertz CT molecular complexity index is 1180. The Hall–Kier alpha value is -3.59. The Kier molecular flexibility index (Phi) is 5.30. The minimum absolute atomic E-state index is 0.0995. The van der Waals surface area contributed by atoms with Crippen molar-refractivity contribution in [1.29, 1.82) is 0 Å². The van der Waals surface area contributed by atoms with E-state index in [0.29, 0.717) is 31.1 Å². The average Bonchev–Trinajstić information content (AvgIpc) is 3.37. The molecule has 0 radical (unpaired) electrons. The van der Waals surface area contributed by atoms with Crippen LogP contribution in [0.25, 0.3) is 17.1 Å². The highest BCUT2D eigenvalue weighted by Crippen LogP contribution is 2.17. The molecule has 4 aromatic rings. The molecule has 0 atom stereocenters. The van der Waals surface area contributed by atoms with E-state index in [1.54, 1.807) is 39.9 Å². The van der Waals surface area contributed by atoms with Crippen molar-refractivity contribution in [1.82, 2.24) is 34.3 Å². The van der Waals surface area contributed by atoms with Gasteiger partial charge in [-0.05, 0) is 11.6 Å². The highest BCUT2D eigenvalue weighted by molar-refractivity contribution is 5.55. The molecular weight excluding hydrogens is 370 g/mol. The van der Waals surface area contributed by atoms with Crippen LogP contribution in [0, 0.1) is 0 Å². The van der Waals surface area contributed by atoms with Gasteiger partial charge in [-0.1, -0.05) is 18.2 Å². The van der Waals surface area contributed by atoms with Crippen LogP contribution in [-0.4, -0.2) is 48.0 Å². The zero-order chi connectivity index (χ0) is 20.2. The molecular formula is C20H21N7O2. The fourth-order valence-corrected chi connectivity index (χ4v) is 2.97. The van der Waals surface area contributed by atoms with Gasteiger partial charge in [-0.25, -0.2) is 9.67 Å². The van der Waals surface area contributed by atoms with E-state index >= 15 is 0 Å². The fourth-order valence-electron chi connectivity index (χ4n) is 2.97. The zero-order valence-electron chi connectivity index (χ0n) is 16.3. The maximum atomic E-state index is 12.3.